The Morgan fingerprint density at radius 1 is 1.27 bits per heavy atom. The highest BCUT2D eigenvalue weighted by Gasteiger charge is 2.32. The molecular weight excluding hydrogens is 280 g/mol. The molecule has 5 nitrogen and oxygen atoms in total. The topological polar surface area (TPSA) is 58.6 Å². The van der Waals surface area contributed by atoms with Crippen LogP contribution in [0.2, 0.25) is 0 Å². The first-order valence-electron chi connectivity index (χ1n) is 7.81. The van der Waals surface area contributed by atoms with Gasteiger partial charge in [-0.25, -0.2) is 0 Å². The summed E-state index contributed by atoms with van der Waals surface area (Å²) in [6.07, 6.45) is 1.83. The van der Waals surface area contributed by atoms with Crippen LogP contribution in [0.15, 0.2) is 18.2 Å². The highest BCUT2D eigenvalue weighted by atomic mass is 16.5. The van der Waals surface area contributed by atoms with E-state index in [1.807, 2.05) is 26.0 Å². The number of ether oxygens (including phenoxy) is 1. The Bertz CT molecular complexity index is 575. The number of anilines is 1. The van der Waals surface area contributed by atoms with Crippen molar-refractivity contribution in [3.8, 4) is 0 Å². The zero-order valence-corrected chi connectivity index (χ0v) is 13.1. The summed E-state index contributed by atoms with van der Waals surface area (Å²) in [5.41, 5.74) is 3.17. The molecule has 1 saturated heterocycles. The number of carbonyl (C=O) groups excluding carboxylic acids is 2. The van der Waals surface area contributed by atoms with Gasteiger partial charge in [-0.05, 0) is 49.9 Å². The summed E-state index contributed by atoms with van der Waals surface area (Å²) in [6, 6.07) is 6.11. The van der Waals surface area contributed by atoms with Crippen LogP contribution in [-0.2, 0) is 14.3 Å². The van der Waals surface area contributed by atoms with Crippen LogP contribution >= 0.6 is 0 Å². The highest BCUT2D eigenvalue weighted by Crippen LogP contribution is 2.28. The SMILES string of the molecule is Cc1cc(C)cc(N2CC(CNC(=O)C3CC3)OCC2=O)c1. The monoisotopic (exact) mass is 302 g/mol. The zero-order chi connectivity index (χ0) is 15.7. The van der Waals surface area contributed by atoms with Crippen molar-refractivity contribution in [2.24, 2.45) is 5.92 Å². The first-order chi connectivity index (χ1) is 10.5. The second-order valence-corrected chi connectivity index (χ2v) is 6.30. The number of rotatable bonds is 4. The maximum atomic E-state index is 12.1. The largest absolute Gasteiger partial charge is 0.365 e. The van der Waals surface area contributed by atoms with Gasteiger partial charge in [0.2, 0.25) is 5.91 Å². The summed E-state index contributed by atoms with van der Waals surface area (Å²) in [5.74, 6) is 0.272. The molecular formula is C17H22N2O3. The number of nitrogens with one attached hydrogen (secondary N) is 1. The van der Waals surface area contributed by atoms with E-state index in [9.17, 15) is 9.59 Å². The summed E-state index contributed by atoms with van der Waals surface area (Å²) in [6.45, 7) is 5.05. The molecule has 118 valence electrons. The normalized spacial score (nSPS) is 21.8. The van der Waals surface area contributed by atoms with E-state index in [0.29, 0.717) is 13.1 Å². The molecule has 0 spiro atoms. The van der Waals surface area contributed by atoms with Gasteiger partial charge in [0.05, 0.1) is 12.6 Å². The van der Waals surface area contributed by atoms with Gasteiger partial charge >= 0.3 is 0 Å². The molecule has 0 radical (unpaired) electrons. The average Bonchev–Trinajstić information content (AvgIpc) is 3.29. The summed E-state index contributed by atoms with van der Waals surface area (Å²) in [7, 11) is 0. The molecule has 2 fully saturated rings. The van der Waals surface area contributed by atoms with Gasteiger partial charge in [-0.15, -0.1) is 0 Å². The molecule has 0 aromatic heterocycles. The fraction of sp³-hybridized carbons (Fsp3) is 0.529. The predicted molar refractivity (Wildman–Crippen MR) is 83.7 cm³/mol. The van der Waals surface area contributed by atoms with E-state index in [2.05, 4.69) is 11.4 Å². The number of carbonyl (C=O) groups is 2. The van der Waals surface area contributed by atoms with Gasteiger partial charge in [-0.2, -0.15) is 0 Å². The highest BCUT2D eigenvalue weighted by molar-refractivity contribution is 5.95. The van der Waals surface area contributed by atoms with E-state index in [4.69, 9.17) is 4.74 Å². The number of amides is 2. The number of morpholine rings is 1. The maximum absolute atomic E-state index is 12.1. The lowest BCUT2D eigenvalue weighted by atomic mass is 10.1. The number of nitrogens with zero attached hydrogens (tertiary/aromatic N) is 1. The molecule has 1 unspecified atom stereocenters. The van der Waals surface area contributed by atoms with E-state index in [-0.39, 0.29) is 30.4 Å². The van der Waals surface area contributed by atoms with Crippen LogP contribution in [-0.4, -0.2) is 37.6 Å². The molecule has 0 bridgehead atoms. The molecule has 1 aromatic carbocycles. The molecule has 1 aromatic rings. The van der Waals surface area contributed by atoms with Crippen LogP contribution in [0.25, 0.3) is 0 Å². The Morgan fingerprint density at radius 2 is 1.95 bits per heavy atom. The van der Waals surface area contributed by atoms with Crippen molar-refractivity contribution >= 4 is 17.5 Å². The van der Waals surface area contributed by atoms with Gasteiger partial charge in [0.1, 0.15) is 6.61 Å². The smallest absolute Gasteiger partial charge is 0.253 e. The molecule has 1 heterocycles. The van der Waals surface area contributed by atoms with Crippen LogP contribution in [0.4, 0.5) is 5.69 Å². The minimum Gasteiger partial charge on any atom is -0.365 e. The third-order valence-corrected chi connectivity index (χ3v) is 4.10. The first-order valence-corrected chi connectivity index (χ1v) is 7.81. The Hall–Kier alpha value is -1.88. The molecule has 1 atom stereocenters. The quantitative estimate of drug-likeness (QED) is 0.918. The minimum absolute atomic E-state index is 0.0326. The lowest BCUT2D eigenvalue weighted by molar-refractivity contribution is -0.129. The van der Waals surface area contributed by atoms with Crippen molar-refractivity contribution in [3.05, 3.63) is 29.3 Å². The van der Waals surface area contributed by atoms with Crippen molar-refractivity contribution in [2.45, 2.75) is 32.8 Å². The van der Waals surface area contributed by atoms with Gasteiger partial charge < -0.3 is 15.0 Å². The molecule has 1 aliphatic carbocycles. The fourth-order valence-electron chi connectivity index (χ4n) is 2.81. The lowest BCUT2D eigenvalue weighted by Crippen LogP contribution is -2.50. The Morgan fingerprint density at radius 3 is 2.59 bits per heavy atom. The Labute approximate surface area is 130 Å². The van der Waals surface area contributed by atoms with Crippen molar-refractivity contribution in [1.29, 1.82) is 0 Å². The third-order valence-electron chi connectivity index (χ3n) is 4.10. The standard InChI is InChI=1S/C17H22N2O3/c1-11-5-12(2)7-14(6-11)19-9-15(22-10-16(19)20)8-18-17(21)13-3-4-13/h5-7,13,15H,3-4,8-10H2,1-2H3,(H,18,21). The predicted octanol–water partition coefficient (Wildman–Crippen LogP) is 1.56. The van der Waals surface area contributed by atoms with E-state index >= 15 is 0 Å². The number of aryl methyl sites for hydroxylation is 2. The van der Waals surface area contributed by atoms with Crippen molar-refractivity contribution in [1.82, 2.24) is 5.32 Å². The van der Waals surface area contributed by atoms with Crippen molar-refractivity contribution in [2.75, 3.05) is 24.6 Å². The number of hydrogen-bond acceptors (Lipinski definition) is 3. The Kier molecular flexibility index (Phi) is 4.16. The minimum atomic E-state index is -0.152. The maximum Gasteiger partial charge on any atom is 0.253 e. The summed E-state index contributed by atoms with van der Waals surface area (Å²) in [4.78, 5) is 25.6. The lowest BCUT2D eigenvalue weighted by Gasteiger charge is -2.33. The second kappa shape index (κ2) is 6.08. The molecule has 3 rings (SSSR count). The van der Waals surface area contributed by atoms with Crippen LogP contribution in [0.3, 0.4) is 0 Å². The molecule has 2 amide bonds. The van der Waals surface area contributed by atoms with Crippen molar-refractivity contribution in [3.63, 3.8) is 0 Å². The van der Waals surface area contributed by atoms with Gasteiger partial charge in [-0.1, -0.05) is 6.07 Å². The molecule has 2 aliphatic rings. The van der Waals surface area contributed by atoms with E-state index in [0.717, 1.165) is 29.7 Å². The van der Waals surface area contributed by atoms with E-state index < -0.39 is 0 Å². The fourth-order valence-corrected chi connectivity index (χ4v) is 2.81. The van der Waals surface area contributed by atoms with E-state index in [1.54, 1.807) is 4.90 Å². The van der Waals surface area contributed by atoms with Crippen LogP contribution in [0, 0.1) is 19.8 Å². The number of hydrogen-bond donors (Lipinski definition) is 1. The summed E-state index contributed by atoms with van der Waals surface area (Å²) < 4.78 is 5.55. The zero-order valence-electron chi connectivity index (χ0n) is 13.1. The molecule has 1 saturated carbocycles. The van der Waals surface area contributed by atoms with Crippen LogP contribution in [0.1, 0.15) is 24.0 Å². The van der Waals surface area contributed by atoms with E-state index in [1.165, 1.54) is 0 Å². The van der Waals surface area contributed by atoms with Gasteiger partial charge in [0.25, 0.3) is 5.91 Å². The Balaban J connectivity index is 1.65. The summed E-state index contributed by atoms with van der Waals surface area (Å²) in [5, 5.41) is 2.92. The molecule has 1 aliphatic heterocycles. The first kappa shape index (κ1) is 15.0. The van der Waals surface area contributed by atoms with Crippen molar-refractivity contribution < 1.29 is 14.3 Å². The van der Waals surface area contributed by atoms with Gasteiger partial charge in [0.15, 0.2) is 0 Å². The molecule has 22 heavy (non-hydrogen) atoms. The molecule has 5 heteroatoms. The van der Waals surface area contributed by atoms with Gasteiger partial charge in [-0.3, -0.25) is 9.59 Å². The van der Waals surface area contributed by atoms with Gasteiger partial charge in [0, 0.05) is 18.2 Å². The average molecular weight is 302 g/mol. The van der Waals surface area contributed by atoms with Crippen LogP contribution in [0.5, 0.6) is 0 Å². The second-order valence-electron chi connectivity index (χ2n) is 6.30. The third kappa shape index (κ3) is 3.47. The van der Waals surface area contributed by atoms with Crippen LogP contribution < -0.4 is 10.2 Å². The summed E-state index contributed by atoms with van der Waals surface area (Å²) >= 11 is 0. The molecule has 1 N–H and O–H groups in total. The number of benzene rings is 1.